The van der Waals surface area contributed by atoms with Crippen LogP contribution in [0.2, 0.25) is 0 Å². The van der Waals surface area contributed by atoms with Crippen LogP contribution in [0.15, 0.2) is 109 Å². The summed E-state index contributed by atoms with van der Waals surface area (Å²) in [6.45, 7) is 6.43. The van der Waals surface area contributed by atoms with E-state index in [0.29, 0.717) is 19.3 Å². The van der Waals surface area contributed by atoms with Gasteiger partial charge in [-0.25, -0.2) is 0 Å². The van der Waals surface area contributed by atoms with Gasteiger partial charge in [0.25, 0.3) is 0 Å². The van der Waals surface area contributed by atoms with E-state index in [0.717, 1.165) is 103 Å². The Morgan fingerprint density at radius 1 is 0.296 bits per heavy atom. The molecule has 0 bridgehead atoms. The molecule has 71 heavy (non-hydrogen) atoms. The molecule has 0 heterocycles. The largest absolute Gasteiger partial charge is 0.462 e. The van der Waals surface area contributed by atoms with Crippen LogP contribution in [0.1, 0.15) is 265 Å². The standard InChI is InChI=1S/C65H108O6/c1-4-7-10-13-16-19-22-25-28-30-32-34-37-40-43-46-49-52-55-58-64(67)70-61-62(60-69-63(66)57-54-51-48-45-42-39-36-27-24-21-18-15-12-9-6-3)71-65(68)59-56-53-50-47-44-41-38-35-33-31-29-26-23-20-17-14-11-8-5-2/h7,10,16,18-19,21,25,27-28,31-34,36,40,43,49,52,62H,4-6,8-9,11-15,17,20,22-24,26,29-30,35,37-39,41-42,44-48,50-51,53-61H2,1-3H3/b10-7-,19-16-,21-18-,28-25-,33-31-,34-32-,36-27-,43-40-,52-49-/t62-/m1/s1. The molecular formula is C65H108O6. The molecular weight excluding hydrogens is 877 g/mol. The van der Waals surface area contributed by atoms with Crippen LogP contribution < -0.4 is 0 Å². The number of unbranched alkanes of at least 4 members (excludes halogenated alkanes) is 23. The van der Waals surface area contributed by atoms with Crippen LogP contribution in [-0.2, 0) is 28.6 Å². The number of esters is 3. The molecule has 0 aromatic heterocycles. The number of hydrogen-bond acceptors (Lipinski definition) is 6. The van der Waals surface area contributed by atoms with Crippen molar-refractivity contribution < 1.29 is 28.6 Å². The normalized spacial score (nSPS) is 12.9. The summed E-state index contributed by atoms with van der Waals surface area (Å²) in [7, 11) is 0. The van der Waals surface area contributed by atoms with Crippen molar-refractivity contribution in [3.63, 3.8) is 0 Å². The SMILES string of the molecule is CC/C=C\C/C=C\C/C=C\C/C=C\C/C=C\C/C=C\CCC(=O)OC[C@@H](COC(=O)CCCCCCC/C=C\C/C=C\CCCCC)OC(=O)CCCCCCCCC/C=C\CCCCCCCCCC. The highest BCUT2D eigenvalue weighted by Crippen LogP contribution is 2.14. The summed E-state index contributed by atoms with van der Waals surface area (Å²) < 4.78 is 16.8. The molecule has 0 radical (unpaired) electrons. The van der Waals surface area contributed by atoms with Crippen molar-refractivity contribution in [3.05, 3.63) is 109 Å². The summed E-state index contributed by atoms with van der Waals surface area (Å²) in [5, 5.41) is 0. The third-order valence-electron chi connectivity index (χ3n) is 12.2. The third kappa shape index (κ3) is 56.9. The van der Waals surface area contributed by atoms with E-state index in [4.69, 9.17) is 14.2 Å². The molecule has 0 rings (SSSR count). The lowest BCUT2D eigenvalue weighted by Crippen LogP contribution is -2.30. The van der Waals surface area contributed by atoms with Crippen molar-refractivity contribution in [2.24, 2.45) is 0 Å². The number of allylic oxidation sites excluding steroid dienone is 18. The molecule has 0 fully saturated rings. The summed E-state index contributed by atoms with van der Waals surface area (Å²) >= 11 is 0. The quantitative estimate of drug-likeness (QED) is 0.0261. The van der Waals surface area contributed by atoms with Gasteiger partial charge >= 0.3 is 17.9 Å². The second kappa shape index (κ2) is 58.6. The maximum absolute atomic E-state index is 12.9. The second-order valence-electron chi connectivity index (χ2n) is 19.2. The highest BCUT2D eigenvalue weighted by molar-refractivity contribution is 5.71. The Hall–Kier alpha value is -3.93. The van der Waals surface area contributed by atoms with Crippen LogP contribution in [-0.4, -0.2) is 37.2 Å². The summed E-state index contributed by atoms with van der Waals surface area (Å²) in [4.78, 5) is 38.2. The zero-order valence-corrected chi connectivity index (χ0v) is 46.2. The minimum absolute atomic E-state index is 0.111. The molecule has 0 saturated heterocycles. The van der Waals surface area contributed by atoms with E-state index in [-0.39, 0.29) is 37.5 Å². The van der Waals surface area contributed by atoms with E-state index in [2.05, 4.69) is 124 Å². The van der Waals surface area contributed by atoms with Gasteiger partial charge in [0.1, 0.15) is 13.2 Å². The molecule has 0 N–H and O–H groups in total. The molecule has 0 aliphatic carbocycles. The van der Waals surface area contributed by atoms with E-state index in [1.807, 2.05) is 6.08 Å². The molecule has 0 saturated carbocycles. The maximum atomic E-state index is 12.9. The lowest BCUT2D eigenvalue weighted by atomic mass is 10.1. The molecule has 0 aliphatic heterocycles. The molecule has 0 aliphatic rings. The number of rotatable bonds is 52. The first-order valence-electron chi connectivity index (χ1n) is 29.4. The first-order valence-corrected chi connectivity index (χ1v) is 29.4. The minimum Gasteiger partial charge on any atom is -0.462 e. The number of carbonyl (C=O) groups excluding carboxylic acids is 3. The Labute approximate surface area is 438 Å². The highest BCUT2D eigenvalue weighted by atomic mass is 16.6. The van der Waals surface area contributed by atoms with Crippen molar-refractivity contribution in [1.82, 2.24) is 0 Å². The predicted octanol–water partition coefficient (Wildman–Crippen LogP) is 19.9. The van der Waals surface area contributed by atoms with Crippen LogP contribution >= 0.6 is 0 Å². The van der Waals surface area contributed by atoms with E-state index >= 15 is 0 Å². The highest BCUT2D eigenvalue weighted by Gasteiger charge is 2.19. The smallest absolute Gasteiger partial charge is 0.306 e. The monoisotopic (exact) mass is 985 g/mol. The molecule has 6 heteroatoms. The van der Waals surface area contributed by atoms with Gasteiger partial charge in [-0.2, -0.15) is 0 Å². The summed E-state index contributed by atoms with van der Waals surface area (Å²) in [6.07, 6.45) is 79.5. The summed E-state index contributed by atoms with van der Waals surface area (Å²) in [5.41, 5.74) is 0. The van der Waals surface area contributed by atoms with Crippen LogP contribution in [0, 0.1) is 0 Å². The topological polar surface area (TPSA) is 78.9 Å². The van der Waals surface area contributed by atoms with Crippen molar-refractivity contribution in [1.29, 1.82) is 0 Å². The number of ether oxygens (including phenoxy) is 3. The Balaban J connectivity index is 4.52. The summed E-state index contributed by atoms with van der Waals surface area (Å²) in [5.74, 6) is -1.01. The third-order valence-corrected chi connectivity index (χ3v) is 12.2. The first-order chi connectivity index (χ1) is 35.0. The zero-order valence-electron chi connectivity index (χ0n) is 46.2. The maximum Gasteiger partial charge on any atom is 0.306 e. The molecule has 0 aromatic carbocycles. The fourth-order valence-electron chi connectivity index (χ4n) is 7.85. The van der Waals surface area contributed by atoms with Crippen LogP contribution in [0.5, 0.6) is 0 Å². The Morgan fingerprint density at radius 3 is 0.986 bits per heavy atom. The first kappa shape index (κ1) is 67.1. The van der Waals surface area contributed by atoms with Gasteiger partial charge in [0.05, 0.1) is 0 Å². The van der Waals surface area contributed by atoms with Gasteiger partial charge in [0.2, 0.25) is 0 Å². The number of hydrogen-bond donors (Lipinski definition) is 0. The van der Waals surface area contributed by atoms with E-state index < -0.39 is 6.10 Å². The van der Waals surface area contributed by atoms with Crippen molar-refractivity contribution in [3.8, 4) is 0 Å². The lowest BCUT2D eigenvalue weighted by molar-refractivity contribution is -0.166. The van der Waals surface area contributed by atoms with Crippen molar-refractivity contribution in [2.45, 2.75) is 271 Å². The molecule has 0 unspecified atom stereocenters. The van der Waals surface area contributed by atoms with Gasteiger partial charge in [-0.15, -0.1) is 0 Å². The van der Waals surface area contributed by atoms with Gasteiger partial charge in [-0.1, -0.05) is 239 Å². The predicted molar refractivity (Wildman–Crippen MR) is 307 cm³/mol. The molecule has 0 spiro atoms. The minimum atomic E-state index is -0.819. The van der Waals surface area contributed by atoms with Crippen LogP contribution in [0.4, 0.5) is 0 Å². The molecule has 0 amide bonds. The van der Waals surface area contributed by atoms with E-state index in [1.165, 1.54) is 116 Å². The van der Waals surface area contributed by atoms with E-state index in [9.17, 15) is 14.4 Å². The van der Waals surface area contributed by atoms with Crippen LogP contribution in [0.25, 0.3) is 0 Å². The molecule has 404 valence electrons. The average Bonchev–Trinajstić information content (AvgIpc) is 3.37. The second-order valence-corrected chi connectivity index (χ2v) is 19.2. The van der Waals surface area contributed by atoms with Gasteiger partial charge in [-0.05, 0) is 116 Å². The number of carbonyl (C=O) groups is 3. The lowest BCUT2D eigenvalue weighted by Gasteiger charge is -2.18. The van der Waals surface area contributed by atoms with Gasteiger partial charge in [0, 0.05) is 19.3 Å². The fraction of sp³-hybridized carbons (Fsp3) is 0.677. The zero-order chi connectivity index (χ0) is 51.4. The Morgan fingerprint density at radius 2 is 0.577 bits per heavy atom. The average molecular weight is 986 g/mol. The Bertz CT molecular complexity index is 1460. The van der Waals surface area contributed by atoms with Gasteiger partial charge in [-0.3, -0.25) is 14.4 Å². The van der Waals surface area contributed by atoms with Crippen molar-refractivity contribution in [2.75, 3.05) is 13.2 Å². The van der Waals surface area contributed by atoms with Crippen molar-refractivity contribution >= 4 is 17.9 Å². The fourth-order valence-corrected chi connectivity index (χ4v) is 7.85. The molecule has 1 atom stereocenters. The summed E-state index contributed by atoms with van der Waals surface area (Å²) in [6, 6.07) is 0. The van der Waals surface area contributed by atoms with Crippen LogP contribution in [0.3, 0.4) is 0 Å². The molecule has 6 nitrogen and oxygen atoms in total. The van der Waals surface area contributed by atoms with Gasteiger partial charge in [0.15, 0.2) is 6.10 Å². The Kier molecular flexibility index (Phi) is 55.4. The molecule has 0 aromatic rings. The van der Waals surface area contributed by atoms with E-state index in [1.54, 1.807) is 0 Å². The van der Waals surface area contributed by atoms with Gasteiger partial charge < -0.3 is 14.2 Å².